The molecule has 3 aromatic rings. The third kappa shape index (κ3) is 3.69. The molecule has 0 aliphatic carbocycles. The van der Waals surface area contributed by atoms with Gasteiger partial charge in [-0.15, -0.1) is 0 Å². The number of halogens is 2. The third-order valence-corrected chi connectivity index (χ3v) is 3.88. The molecule has 2 nitrogen and oxygen atoms in total. The highest BCUT2D eigenvalue weighted by atomic mass is 79.9. The number of anilines is 1. The van der Waals surface area contributed by atoms with Crippen LogP contribution in [0.1, 0.15) is 5.76 Å². The van der Waals surface area contributed by atoms with Crippen molar-refractivity contribution in [1.82, 2.24) is 0 Å². The molecule has 0 atom stereocenters. The molecule has 0 saturated carbocycles. The topological polar surface area (TPSA) is 25.2 Å². The van der Waals surface area contributed by atoms with E-state index in [1.165, 1.54) is 0 Å². The van der Waals surface area contributed by atoms with E-state index in [9.17, 15) is 0 Å². The average molecular weight is 363 g/mol. The smallest absolute Gasteiger partial charge is 0.134 e. The quantitative estimate of drug-likeness (QED) is 0.618. The lowest BCUT2D eigenvalue weighted by Crippen LogP contribution is -1.97. The van der Waals surface area contributed by atoms with Gasteiger partial charge in [0.1, 0.15) is 11.5 Å². The van der Waals surface area contributed by atoms with Gasteiger partial charge in [-0.3, -0.25) is 0 Å². The fourth-order valence-electron chi connectivity index (χ4n) is 2.00. The van der Waals surface area contributed by atoms with Crippen LogP contribution in [0.25, 0.3) is 11.3 Å². The van der Waals surface area contributed by atoms with Crippen molar-refractivity contribution in [3.05, 3.63) is 75.9 Å². The summed E-state index contributed by atoms with van der Waals surface area (Å²) in [5, 5.41) is 4.05. The Kier molecular flexibility index (Phi) is 4.32. The van der Waals surface area contributed by atoms with Gasteiger partial charge >= 0.3 is 0 Å². The Hall–Kier alpha value is -1.71. The molecule has 0 spiro atoms. The van der Waals surface area contributed by atoms with E-state index in [0.29, 0.717) is 6.54 Å². The number of rotatable bonds is 4. The Morgan fingerprint density at radius 1 is 0.905 bits per heavy atom. The first-order chi connectivity index (χ1) is 10.2. The van der Waals surface area contributed by atoms with E-state index in [2.05, 4.69) is 21.2 Å². The van der Waals surface area contributed by atoms with Crippen molar-refractivity contribution in [3.63, 3.8) is 0 Å². The van der Waals surface area contributed by atoms with Crippen LogP contribution >= 0.6 is 27.5 Å². The van der Waals surface area contributed by atoms with Crippen LogP contribution in [-0.4, -0.2) is 0 Å². The van der Waals surface area contributed by atoms with Crippen LogP contribution in [0.5, 0.6) is 0 Å². The molecular formula is C17H13BrClNO. The number of hydrogen-bond donors (Lipinski definition) is 1. The van der Waals surface area contributed by atoms with Crippen molar-refractivity contribution in [2.24, 2.45) is 0 Å². The molecule has 2 aromatic carbocycles. The molecule has 1 N–H and O–H groups in total. The Bertz CT molecular complexity index is 719. The fraction of sp³-hybridized carbons (Fsp3) is 0.0588. The standard InChI is InChI=1S/C17H13BrClNO/c18-13-3-7-15(8-4-13)20-11-16-9-10-17(21-16)12-1-5-14(19)6-2-12/h1-10,20H,11H2. The zero-order valence-electron chi connectivity index (χ0n) is 11.1. The summed E-state index contributed by atoms with van der Waals surface area (Å²) in [6, 6.07) is 19.6. The van der Waals surface area contributed by atoms with Gasteiger partial charge in [0.05, 0.1) is 6.54 Å². The Morgan fingerprint density at radius 3 is 2.33 bits per heavy atom. The van der Waals surface area contributed by atoms with Gasteiger partial charge in [-0.25, -0.2) is 0 Å². The summed E-state index contributed by atoms with van der Waals surface area (Å²) in [5.74, 6) is 1.74. The van der Waals surface area contributed by atoms with E-state index in [-0.39, 0.29) is 0 Å². The summed E-state index contributed by atoms with van der Waals surface area (Å²) in [6.07, 6.45) is 0. The van der Waals surface area contributed by atoms with Crippen LogP contribution in [0.15, 0.2) is 69.6 Å². The minimum atomic E-state index is 0.648. The molecule has 3 rings (SSSR count). The van der Waals surface area contributed by atoms with Crippen LogP contribution in [0.4, 0.5) is 5.69 Å². The van der Waals surface area contributed by atoms with Gasteiger partial charge in [0.2, 0.25) is 0 Å². The molecule has 0 aliphatic rings. The Morgan fingerprint density at radius 2 is 1.62 bits per heavy atom. The van der Waals surface area contributed by atoms with Crippen LogP contribution in [0.3, 0.4) is 0 Å². The average Bonchev–Trinajstić information content (AvgIpc) is 2.96. The molecule has 106 valence electrons. The zero-order valence-corrected chi connectivity index (χ0v) is 13.5. The molecule has 0 amide bonds. The van der Waals surface area contributed by atoms with E-state index >= 15 is 0 Å². The normalized spacial score (nSPS) is 10.6. The third-order valence-electron chi connectivity index (χ3n) is 3.10. The molecule has 4 heteroatoms. The number of benzene rings is 2. The summed E-state index contributed by atoms with van der Waals surface area (Å²) < 4.78 is 6.91. The monoisotopic (exact) mass is 361 g/mol. The second kappa shape index (κ2) is 6.37. The van der Waals surface area contributed by atoms with E-state index in [0.717, 1.165) is 32.3 Å². The van der Waals surface area contributed by atoms with Gasteiger partial charge in [0.25, 0.3) is 0 Å². The molecule has 0 saturated heterocycles. The Labute approximate surface area is 136 Å². The predicted molar refractivity (Wildman–Crippen MR) is 90.6 cm³/mol. The van der Waals surface area contributed by atoms with Gasteiger partial charge in [-0.1, -0.05) is 27.5 Å². The molecule has 0 fully saturated rings. The molecule has 1 heterocycles. The number of hydrogen-bond acceptors (Lipinski definition) is 2. The van der Waals surface area contributed by atoms with Gasteiger partial charge in [-0.2, -0.15) is 0 Å². The first kappa shape index (κ1) is 14.2. The number of nitrogens with one attached hydrogen (secondary N) is 1. The van der Waals surface area contributed by atoms with Gasteiger partial charge in [0, 0.05) is 20.7 Å². The van der Waals surface area contributed by atoms with Crippen molar-refractivity contribution >= 4 is 33.2 Å². The summed E-state index contributed by atoms with van der Waals surface area (Å²) in [6.45, 7) is 0.648. The predicted octanol–water partition coefficient (Wildman–Crippen LogP) is 5.97. The second-order valence-electron chi connectivity index (χ2n) is 4.63. The Balaban J connectivity index is 1.67. The van der Waals surface area contributed by atoms with Crippen molar-refractivity contribution in [3.8, 4) is 11.3 Å². The molecule has 0 aliphatic heterocycles. The molecule has 0 unspecified atom stereocenters. The van der Waals surface area contributed by atoms with Gasteiger partial charge in [-0.05, 0) is 60.7 Å². The van der Waals surface area contributed by atoms with Crippen molar-refractivity contribution in [1.29, 1.82) is 0 Å². The molecule has 0 radical (unpaired) electrons. The molecule has 0 bridgehead atoms. The summed E-state index contributed by atoms with van der Waals surface area (Å²) in [7, 11) is 0. The summed E-state index contributed by atoms with van der Waals surface area (Å²) in [5.41, 5.74) is 2.08. The number of furan rings is 1. The zero-order chi connectivity index (χ0) is 14.7. The maximum atomic E-state index is 5.89. The first-order valence-electron chi connectivity index (χ1n) is 6.55. The molecule has 21 heavy (non-hydrogen) atoms. The first-order valence-corrected chi connectivity index (χ1v) is 7.72. The largest absolute Gasteiger partial charge is 0.459 e. The minimum Gasteiger partial charge on any atom is -0.459 e. The highest BCUT2D eigenvalue weighted by molar-refractivity contribution is 9.10. The second-order valence-corrected chi connectivity index (χ2v) is 5.99. The van der Waals surface area contributed by atoms with Crippen molar-refractivity contribution in [2.45, 2.75) is 6.54 Å². The van der Waals surface area contributed by atoms with Crippen molar-refractivity contribution in [2.75, 3.05) is 5.32 Å². The SMILES string of the molecule is Clc1ccc(-c2ccc(CNc3ccc(Br)cc3)o2)cc1. The molecular weight excluding hydrogens is 350 g/mol. The lowest BCUT2D eigenvalue weighted by Gasteiger charge is -2.04. The highest BCUT2D eigenvalue weighted by Gasteiger charge is 2.04. The van der Waals surface area contributed by atoms with E-state index < -0.39 is 0 Å². The molecule has 1 aromatic heterocycles. The minimum absolute atomic E-state index is 0.648. The van der Waals surface area contributed by atoms with Crippen LogP contribution in [-0.2, 0) is 6.54 Å². The van der Waals surface area contributed by atoms with Gasteiger partial charge < -0.3 is 9.73 Å². The van der Waals surface area contributed by atoms with E-state index in [1.54, 1.807) is 0 Å². The van der Waals surface area contributed by atoms with Crippen molar-refractivity contribution < 1.29 is 4.42 Å². The van der Waals surface area contributed by atoms with E-state index in [4.69, 9.17) is 16.0 Å². The lowest BCUT2D eigenvalue weighted by molar-refractivity contribution is 0.531. The fourth-order valence-corrected chi connectivity index (χ4v) is 2.39. The summed E-state index contributed by atoms with van der Waals surface area (Å²) in [4.78, 5) is 0. The van der Waals surface area contributed by atoms with Crippen LogP contribution in [0, 0.1) is 0 Å². The highest BCUT2D eigenvalue weighted by Crippen LogP contribution is 2.24. The van der Waals surface area contributed by atoms with Gasteiger partial charge in [0.15, 0.2) is 0 Å². The summed E-state index contributed by atoms with van der Waals surface area (Å²) >= 11 is 9.31. The maximum absolute atomic E-state index is 5.89. The van der Waals surface area contributed by atoms with Crippen LogP contribution < -0.4 is 5.32 Å². The lowest BCUT2D eigenvalue weighted by atomic mass is 10.2. The maximum Gasteiger partial charge on any atom is 0.134 e. The van der Waals surface area contributed by atoms with E-state index in [1.807, 2.05) is 60.7 Å². The van der Waals surface area contributed by atoms with Crippen LogP contribution in [0.2, 0.25) is 5.02 Å².